The molecule has 1 aromatic heterocycles. The van der Waals surface area contributed by atoms with Crippen molar-refractivity contribution in [3.63, 3.8) is 0 Å². The molecule has 0 saturated carbocycles. The highest BCUT2D eigenvalue weighted by Gasteiger charge is 2.16. The second-order valence-electron chi connectivity index (χ2n) is 7.71. The van der Waals surface area contributed by atoms with E-state index in [1.54, 1.807) is 43.3 Å². The number of carbonyl (C=O) groups excluding carboxylic acids is 2. The van der Waals surface area contributed by atoms with Crippen LogP contribution in [0.3, 0.4) is 0 Å². The molecule has 7 heteroatoms. The molecule has 0 aliphatic heterocycles. The Hall–Kier alpha value is -4.26. The summed E-state index contributed by atoms with van der Waals surface area (Å²) in [5.41, 5.74) is 4.30. The molecule has 0 aliphatic carbocycles. The summed E-state index contributed by atoms with van der Waals surface area (Å²) in [6, 6.07) is 20.9. The van der Waals surface area contributed by atoms with Crippen LogP contribution in [0.2, 0.25) is 0 Å². The van der Waals surface area contributed by atoms with E-state index in [1.807, 2.05) is 37.3 Å². The zero-order chi connectivity index (χ0) is 23.4. The first-order valence-corrected chi connectivity index (χ1v) is 10.5. The average molecular weight is 442 g/mol. The number of carbonyl (C=O) groups is 2. The number of rotatable bonds is 6. The van der Waals surface area contributed by atoms with Crippen LogP contribution < -0.4 is 10.6 Å². The number of nitrogens with one attached hydrogen (secondary N) is 2. The fourth-order valence-corrected chi connectivity index (χ4v) is 3.44. The molecule has 2 amide bonds. The fourth-order valence-electron chi connectivity index (χ4n) is 3.44. The number of anilines is 1. The van der Waals surface area contributed by atoms with E-state index in [1.165, 1.54) is 16.9 Å². The van der Waals surface area contributed by atoms with Crippen LogP contribution in [0, 0.1) is 19.7 Å². The van der Waals surface area contributed by atoms with Crippen LogP contribution >= 0.6 is 0 Å². The molecular weight excluding hydrogens is 419 g/mol. The SMILES string of the molecule is Cc1ccc(C(=O)Nc2cccc(CNC(=O)c3cnn(-c4ccccc4F)c3C)c2)cc1. The third-order valence-corrected chi connectivity index (χ3v) is 5.29. The van der Waals surface area contributed by atoms with Gasteiger partial charge in [0, 0.05) is 17.8 Å². The normalized spacial score (nSPS) is 10.6. The van der Waals surface area contributed by atoms with Crippen molar-refractivity contribution in [2.45, 2.75) is 20.4 Å². The predicted molar refractivity (Wildman–Crippen MR) is 125 cm³/mol. The van der Waals surface area contributed by atoms with Gasteiger partial charge in [-0.1, -0.05) is 42.0 Å². The van der Waals surface area contributed by atoms with E-state index in [9.17, 15) is 14.0 Å². The van der Waals surface area contributed by atoms with Gasteiger partial charge in [-0.3, -0.25) is 9.59 Å². The molecule has 6 nitrogen and oxygen atoms in total. The Morgan fingerprint density at radius 1 is 0.939 bits per heavy atom. The molecule has 0 spiro atoms. The quantitative estimate of drug-likeness (QED) is 0.450. The molecule has 0 unspecified atom stereocenters. The maximum atomic E-state index is 14.1. The predicted octanol–water partition coefficient (Wildman–Crippen LogP) is 4.81. The zero-order valence-electron chi connectivity index (χ0n) is 18.3. The van der Waals surface area contributed by atoms with Gasteiger partial charge in [0.1, 0.15) is 11.5 Å². The lowest BCUT2D eigenvalue weighted by molar-refractivity contribution is 0.0949. The van der Waals surface area contributed by atoms with E-state index < -0.39 is 5.82 Å². The lowest BCUT2D eigenvalue weighted by atomic mass is 10.1. The highest BCUT2D eigenvalue weighted by atomic mass is 19.1. The Balaban J connectivity index is 1.42. The van der Waals surface area contributed by atoms with Crippen molar-refractivity contribution in [1.29, 1.82) is 0 Å². The van der Waals surface area contributed by atoms with Gasteiger partial charge in [-0.2, -0.15) is 5.10 Å². The van der Waals surface area contributed by atoms with Crippen LogP contribution in [0.4, 0.5) is 10.1 Å². The van der Waals surface area contributed by atoms with Crippen molar-refractivity contribution in [3.8, 4) is 5.69 Å². The van der Waals surface area contributed by atoms with Crippen molar-refractivity contribution >= 4 is 17.5 Å². The van der Waals surface area contributed by atoms with Crippen molar-refractivity contribution in [3.05, 3.63) is 113 Å². The van der Waals surface area contributed by atoms with Gasteiger partial charge < -0.3 is 10.6 Å². The van der Waals surface area contributed by atoms with Gasteiger partial charge in [0.25, 0.3) is 11.8 Å². The minimum atomic E-state index is -0.417. The molecule has 0 saturated heterocycles. The third-order valence-electron chi connectivity index (χ3n) is 5.29. The molecule has 2 N–H and O–H groups in total. The minimum Gasteiger partial charge on any atom is -0.348 e. The summed E-state index contributed by atoms with van der Waals surface area (Å²) in [5.74, 6) is -0.934. The Morgan fingerprint density at radius 3 is 2.45 bits per heavy atom. The zero-order valence-corrected chi connectivity index (χ0v) is 18.3. The van der Waals surface area contributed by atoms with Gasteiger partial charge in [0.15, 0.2) is 0 Å². The summed E-state index contributed by atoms with van der Waals surface area (Å²) in [6.45, 7) is 3.94. The van der Waals surface area contributed by atoms with Gasteiger partial charge in [-0.05, 0) is 55.8 Å². The Kier molecular flexibility index (Phi) is 6.31. The molecular formula is C26H23FN4O2. The second kappa shape index (κ2) is 9.48. The number of hydrogen-bond donors (Lipinski definition) is 2. The number of aromatic nitrogens is 2. The number of para-hydroxylation sites is 1. The van der Waals surface area contributed by atoms with Crippen LogP contribution in [-0.4, -0.2) is 21.6 Å². The standard InChI is InChI=1S/C26H23FN4O2/c1-17-10-12-20(13-11-17)25(32)30-21-7-5-6-19(14-21)15-28-26(33)22-16-29-31(18(22)2)24-9-4-3-8-23(24)27/h3-14,16H,15H2,1-2H3,(H,28,33)(H,30,32). The molecule has 3 aromatic carbocycles. The highest BCUT2D eigenvalue weighted by Crippen LogP contribution is 2.18. The maximum Gasteiger partial charge on any atom is 0.255 e. The molecule has 166 valence electrons. The van der Waals surface area contributed by atoms with E-state index in [4.69, 9.17) is 0 Å². The first-order chi connectivity index (χ1) is 15.9. The van der Waals surface area contributed by atoms with Crippen LogP contribution in [-0.2, 0) is 6.54 Å². The first kappa shape index (κ1) is 22.0. The van der Waals surface area contributed by atoms with Crippen LogP contribution in [0.5, 0.6) is 0 Å². The summed E-state index contributed by atoms with van der Waals surface area (Å²) >= 11 is 0. The van der Waals surface area contributed by atoms with Crippen molar-refractivity contribution in [1.82, 2.24) is 15.1 Å². The van der Waals surface area contributed by atoms with Gasteiger partial charge in [0.05, 0.1) is 17.5 Å². The average Bonchev–Trinajstić information content (AvgIpc) is 3.19. The molecule has 0 atom stereocenters. The lowest BCUT2D eigenvalue weighted by Crippen LogP contribution is -2.23. The summed E-state index contributed by atoms with van der Waals surface area (Å²) in [6.07, 6.45) is 1.43. The summed E-state index contributed by atoms with van der Waals surface area (Å²) in [4.78, 5) is 25.2. The molecule has 1 heterocycles. The van der Waals surface area contributed by atoms with E-state index in [0.717, 1.165) is 11.1 Å². The Bertz CT molecular complexity index is 1310. The molecule has 0 radical (unpaired) electrons. The molecule has 4 aromatic rings. The highest BCUT2D eigenvalue weighted by molar-refractivity contribution is 6.04. The van der Waals surface area contributed by atoms with Crippen molar-refractivity contribution < 1.29 is 14.0 Å². The van der Waals surface area contributed by atoms with Crippen LogP contribution in [0.25, 0.3) is 5.69 Å². The number of benzene rings is 3. The smallest absolute Gasteiger partial charge is 0.255 e. The first-order valence-electron chi connectivity index (χ1n) is 10.5. The molecule has 33 heavy (non-hydrogen) atoms. The summed E-state index contributed by atoms with van der Waals surface area (Å²) in [5, 5.41) is 9.90. The maximum absolute atomic E-state index is 14.1. The number of aryl methyl sites for hydroxylation is 1. The van der Waals surface area contributed by atoms with Crippen LogP contribution in [0.1, 0.15) is 37.5 Å². The Labute approximate surface area is 191 Å². The van der Waals surface area contributed by atoms with Gasteiger partial charge in [-0.15, -0.1) is 0 Å². The third kappa shape index (κ3) is 4.98. The topological polar surface area (TPSA) is 76.0 Å². The molecule has 0 aliphatic rings. The minimum absolute atomic E-state index is 0.202. The number of halogens is 1. The van der Waals surface area contributed by atoms with Gasteiger partial charge in [0.2, 0.25) is 0 Å². The molecule has 4 rings (SSSR count). The largest absolute Gasteiger partial charge is 0.348 e. The van der Waals surface area contributed by atoms with Crippen molar-refractivity contribution in [2.24, 2.45) is 0 Å². The molecule has 0 bridgehead atoms. The monoisotopic (exact) mass is 442 g/mol. The van der Waals surface area contributed by atoms with Gasteiger partial charge in [-0.25, -0.2) is 9.07 Å². The van der Waals surface area contributed by atoms with Gasteiger partial charge >= 0.3 is 0 Å². The lowest BCUT2D eigenvalue weighted by Gasteiger charge is -2.09. The van der Waals surface area contributed by atoms with Crippen LogP contribution in [0.15, 0.2) is 79.0 Å². The van der Waals surface area contributed by atoms with E-state index in [-0.39, 0.29) is 24.0 Å². The number of nitrogens with zero attached hydrogens (tertiary/aromatic N) is 2. The fraction of sp³-hybridized carbons (Fsp3) is 0.115. The molecule has 0 fully saturated rings. The number of amides is 2. The van der Waals surface area contributed by atoms with Crippen molar-refractivity contribution in [2.75, 3.05) is 5.32 Å². The summed E-state index contributed by atoms with van der Waals surface area (Å²) in [7, 11) is 0. The Morgan fingerprint density at radius 2 is 1.70 bits per heavy atom. The van der Waals surface area contributed by atoms with E-state index in [2.05, 4.69) is 15.7 Å². The number of hydrogen-bond acceptors (Lipinski definition) is 3. The summed E-state index contributed by atoms with van der Waals surface area (Å²) < 4.78 is 15.5. The van der Waals surface area contributed by atoms with E-state index in [0.29, 0.717) is 22.5 Å². The second-order valence-corrected chi connectivity index (χ2v) is 7.71. The van der Waals surface area contributed by atoms with E-state index >= 15 is 0 Å².